The summed E-state index contributed by atoms with van der Waals surface area (Å²) in [4.78, 5) is 11.0. The Morgan fingerprint density at radius 1 is 1.67 bits per heavy atom. The second kappa shape index (κ2) is 4.40. The van der Waals surface area contributed by atoms with E-state index in [4.69, 9.17) is 0 Å². The summed E-state index contributed by atoms with van der Waals surface area (Å²) in [5, 5.41) is 3.00. The molecule has 0 amide bonds. The van der Waals surface area contributed by atoms with Gasteiger partial charge < -0.3 is 10.1 Å². The fourth-order valence-electron chi connectivity index (χ4n) is 1.39. The van der Waals surface area contributed by atoms with Crippen LogP contribution in [0.1, 0.15) is 12.8 Å². The summed E-state index contributed by atoms with van der Waals surface area (Å²) in [6.07, 6.45) is 0.189. The first kappa shape index (κ1) is 9.45. The molecule has 1 rings (SSSR count). The predicted molar refractivity (Wildman–Crippen MR) is 42.5 cm³/mol. The SMILES string of the molecule is COC(=O)C1CNCCCC1F. The first-order valence-electron chi connectivity index (χ1n) is 4.18. The molecule has 2 unspecified atom stereocenters. The number of halogens is 1. The maximum absolute atomic E-state index is 13.2. The van der Waals surface area contributed by atoms with E-state index >= 15 is 0 Å². The van der Waals surface area contributed by atoms with Crippen molar-refractivity contribution >= 4 is 5.97 Å². The van der Waals surface area contributed by atoms with Crippen LogP contribution in [-0.4, -0.2) is 32.3 Å². The third-order valence-corrected chi connectivity index (χ3v) is 2.14. The van der Waals surface area contributed by atoms with Crippen molar-refractivity contribution in [1.29, 1.82) is 0 Å². The van der Waals surface area contributed by atoms with Crippen molar-refractivity contribution in [3.63, 3.8) is 0 Å². The zero-order valence-corrected chi connectivity index (χ0v) is 7.18. The monoisotopic (exact) mass is 175 g/mol. The van der Waals surface area contributed by atoms with Gasteiger partial charge >= 0.3 is 5.97 Å². The molecule has 0 aromatic carbocycles. The van der Waals surface area contributed by atoms with Gasteiger partial charge in [-0.1, -0.05) is 0 Å². The zero-order chi connectivity index (χ0) is 8.97. The predicted octanol–water partition coefficient (Wildman–Crippen LogP) is 0.497. The van der Waals surface area contributed by atoms with E-state index in [1.165, 1.54) is 7.11 Å². The number of nitrogens with one attached hydrogen (secondary N) is 1. The molecule has 70 valence electrons. The van der Waals surface area contributed by atoms with Gasteiger partial charge in [-0.25, -0.2) is 4.39 Å². The number of rotatable bonds is 1. The van der Waals surface area contributed by atoms with Crippen molar-refractivity contribution in [2.24, 2.45) is 5.92 Å². The summed E-state index contributed by atoms with van der Waals surface area (Å²) >= 11 is 0. The molecular formula is C8H14FNO2. The lowest BCUT2D eigenvalue weighted by Gasteiger charge is -2.14. The van der Waals surface area contributed by atoms with Gasteiger partial charge in [-0.3, -0.25) is 4.79 Å². The minimum Gasteiger partial charge on any atom is -0.469 e. The van der Waals surface area contributed by atoms with Crippen LogP contribution in [0.15, 0.2) is 0 Å². The number of carbonyl (C=O) groups excluding carboxylic acids is 1. The van der Waals surface area contributed by atoms with Crippen molar-refractivity contribution in [2.75, 3.05) is 20.2 Å². The van der Waals surface area contributed by atoms with Gasteiger partial charge in [0.25, 0.3) is 0 Å². The standard InChI is InChI=1S/C8H14FNO2/c1-12-8(11)6-5-10-4-2-3-7(6)9/h6-7,10H,2-5H2,1H3. The normalized spacial score (nSPS) is 30.8. The van der Waals surface area contributed by atoms with Crippen LogP contribution in [0.4, 0.5) is 4.39 Å². The van der Waals surface area contributed by atoms with Crippen LogP contribution in [0.2, 0.25) is 0 Å². The summed E-state index contributed by atoms with van der Waals surface area (Å²) in [6, 6.07) is 0. The molecule has 1 aliphatic rings. The van der Waals surface area contributed by atoms with E-state index in [1.54, 1.807) is 0 Å². The number of hydrogen-bond donors (Lipinski definition) is 1. The summed E-state index contributed by atoms with van der Waals surface area (Å²) in [6.45, 7) is 1.18. The largest absolute Gasteiger partial charge is 0.469 e. The Labute approximate surface area is 71.3 Å². The van der Waals surface area contributed by atoms with Crippen molar-refractivity contribution in [1.82, 2.24) is 5.32 Å². The Balaban J connectivity index is 2.52. The van der Waals surface area contributed by atoms with Gasteiger partial charge in [0.05, 0.1) is 7.11 Å². The fraction of sp³-hybridized carbons (Fsp3) is 0.875. The third kappa shape index (κ3) is 2.17. The Kier molecular flexibility index (Phi) is 3.47. The van der Waals surface area contributed by atoms with Crippen LogP contribution in [0.25, 0.3) is 0 Å². The highest BCUT2D eigenvalue weighted by Crippen LogP contribution is 2.17. The average molecular weight is 175 g/mol. The number of methoxy groups -OCH3 is 1. The van der Waals surface area contributed by atoms with Crippen molar-refractivity contribution in [3.8, 4) is 0 Å². The minimum absolute atomic E-state index is 0.397. The topological polar surface area (TPSA) is 38.3 Å². The molecule has 1 heterocycles. The van der Waals surface area contributed by atoms with Crippen LogP contribution >= 0.6 is 0 Å². The number of esters is 1. The van der Waals surface area contributed by atoms with E-state index < -0.39 is 18.1 Å². The molecule has 1 aliphatic heterocycles. The van der Waals surface area contributed by atoms with Crippen molar-refractivity contribution < 1.29 is 13.9 Å². The second-order valence-corrected chi connectivity index (χ2v) is 2.99. The minimum atomic E-state index is -1.05. The maximum Gasteiger partial charge on any atom is 0.312 e. The molecular weight excluding hydrogens is 161 g/mol. The Morgan fingerprint density at radius 3 is 3.08 bits per heavy atom. The van der Waals surface area contributed by atoms with E-state index in [-0.39, 0.29) is 0 Å². The van der Waals surface area contributed by atoms with E-state index in [9.17, 15) is 9.18 Å². The lowest BCUT2D eigenvalue weighted by atomic mass is 10.0. The molecule has 12 heavy (non-hydrogen) atoms. The van der Waals surface area contributed by atoms with Crippen LogP contribution < -0.4 is 5.32 Å². The first-order valence-corrected chi connectivity index (χ1v) is 4.18. The van der Waals surface area contributed by atoms with Gasteiger partial charge in [-0.15, -0.1) is 0 Å². The van der Waals surface area contributed by atoms with E-state index in [1.807, 2.05) is 0 Å². The quantitative estimate of drug-likeness (QED) is 0.590. The molecule has 0 aromatic rings. The van der Waals surface area contributed by atoms with Gasteiger partial charge in [0, 0.05) is 6.54 Å². The molecule has 0 aliphatic carbocycles. The smallest absolute Gasteiger partial charge is 0.312 e. The number of ether oxygens (including phenoxy) is 1. The van der Waals surface area contributed by atoms with E-state index in [0.717, 1.165) is 13.0 Å². The van der Waals surface area contributed by atoms with Crippen LogP contribution in [0, 0.1) is 5.92 Å². The van der Waals surface area contributed by atoms with Crippen LogP contribution in [0.3, 0.4) is 0 Å². The van der Waals surface area contributed by atoms with E-state index in [2.05, 4.69) is 10.1 Å². The Morgan fingerprint density at radius 2 is 2.42 bits per heavy atom. The molecule has 1 fully saturated rings. The van der Waals surface area contributed by atoms with Crippen LogP contribution in [0.5, 0.6) is 0 Å². The molecule has 0 spiro atoms. The number of alkyl halides is 1. The molecule has 0 bridgehead atoms. The highest BCUT2D eigenvalue weighted by atomic mass is 19.1. The Bertz CT molecular complexity index is 163. The summed E-state index contributed by atoms with van der Waals surface area (Å²) in [7, 11) is 1.29. The summed E-state index contributed by atoms with van der Waals surface area (Å²) in [5.74, 6) is -1.06. The molecule has 0 radical (unpaired) electrons. The molecule has 1 saturated heterocycles. The average Bonchev–Trinajstić information content (AvgIpc) is 2.28. The molecule has 0 saturated carbocycles. The number of hydrogen-bond acceptors (Lipinski definition) is 3. The third-order valence-electron chi connectivity index (χ3n) is 2.14. The Hall–Kier alpha value is -0.640. The summed E-state index contributed by atoms with van der Waals surface area (Å²) in [5.41, 5.74) is 0. The van der Waals surface area contributed by atoms with Gasteiger partial charge in [-0.05, 0) is 19.4 Å². The highest BCUT2D eigenvalue weighted by molar-refractivity contribution is 5.73. The first-order chi connectivity index (χ1) is 5.75. The molecule has 2 atom stereocenters. The van der Waals surface area contributed by atoms with Gasteiger partial charge in [-0.2, -0.15) is 0 Å². The van der Waals surface area contributed by atoms with Crippen molar-refractivity contribution in [3.05, 3.63) is 0 Å². The molecule has 4 heteroatoms. The van der Waals surface area contributed by atoms with E-state index in [0.29, 0.717) is 13.0 Å². The molecule has 3 nitrogen and oxygen atoms in total. The molecule has 0 aromatic heterocycles. The lowest BCUT2D eigenvalue weighted by molar-refractivity contribution is -0.147. The van der Waals surface area contributed by atoms with Gasteiger partial charge in [0.1, 0.15) is 12.1 Å². The number of carbonyl (C=O) groups is 1. The maximum atomic E-state index is 13.2. The van der Waals surface area contributed by atoms with Gasteiger partial charge in [0.15, 0.2) is 0 Å². The van der Waals surface area contributed by atoms with Gasteiger partial charge in [0.2, 0.25) is 0 Å². The lowest BCUT2D eigenvalue weighted by Crippen LogP contribution is -2.33. The second-order valence-electron chi connectivity index (χ2n) is 2.99. The summed E-state index contributed by atoms with van der Waals surface area (Å²) < 4.78 is 17.7. The van der Waals surface area contributed by atoms with Crippen LogP contribution in [-0.2, 0) is 9.53 Å². The molecule has 1 N–H and O–H groups in total. The van der Waals surface area contributed by atoms with Crippen molar-refractivity contribution in [2.45, 2.75) is 19.0 Å². The fourth-order valence-corrected chi connectivity index (χ4v) is 1.39. The highest BCUT2D eigenvalue weighted by Gasteiger charge is 2.30. The zero-order valence-electron chi connectivity index (χ0n) is 7.18.